The van der Waals surface area contributed by atoms with Gasteiger partial charge in [0.25, 0.3) is 0 Å². The van der Waals surface area contributed by atoms with E-state index in [-0.39, 0.29) is 20.1 Å². The van der Waals surface area contributed by atoms with E-state index in [1.807, 2.05) is 133 Å². The molecule has 0 saturated heterocycles. The van der Waals surface area contributed by atoms with E-state index in [4.69, 9.17) is 0 Å². The van der Waals surface area contributed by atoms with E-state index in [1.54, 1.807) is 6.20 Å². The van der Waals surface area contributed by atoms with Gasteiger partial charge in [0, 0.05) is 37.6 Å². The number of aryl methyl sites for hydroxylation is 1. The van der Waals surface area contributed by atoms with Crippen LogP contribution in [0.3, 0.4) is 0 Å². The maximum absolute atomic E-state index is 4.69. The summed E-state index contributed by atoms with van der Waals surface area (Å²) in [6.45, 7) is 2.05. The second kappa shape index (κ2) is 17.2. The van der Waals surface area contributed by atoms with Gasteiger partial charge in [0.1, 0.15) is 0 Å². The Kier molecular flexibility index (Phi) is 12.5. The van der Waals surface area contributed by atoms with E-state index in [9.17, 15) is 0 Å². The van der Waals surface area contributed by atoms with Crippen LogP contribution in [0.4, 0.5) is 0 Å². The van der Waals surface area contributed by atoms with Gasteiger partial charge >= 0.3 is 0 Å². The fourth-order valence-electron chi connectivity index (χ4n) is 4.38. The van der Waals surface area contributed by atoms with E-state index in [0.717, 1.165) is 39.3 Å². The van der Waals surface area contributed by atoms with Crippen LogP contribution in [0, 0.1) is 31.2 Å². The number of hydrogen-bond acceptors (Lipinski definition) is 2. The van der Waals surface area contributed by atoms with Gasteiger partial charge in [-0.25, -0.2) is 11.1 Å². The predicted octanol–water partition coefficient (Wildman–Crippen LogP) is 10.0. The molecule has 0 fully saturated rings. The minimum atomic E-state index is 0. The molecule has 44 heavy (non-hydrogen) atoms. The summed E-state index contributed by atoms with van der Waals surface area (Å²) in [5.41, 5.74) is 9.63. The number of rotatable bonds is 4. The van der Waals surface area contributed by atoms with Gasteiger partial charge in [-0.05, 0) is 29.9 Å². The Hall–Kier alpha value is -4.95. The molecular weight excluding hydrogens is 713 g/mol. The van der Waals surface area contributed by atoms with E-state index in [0.29, 0.717) is 0 Å². The monoisotopic (exact) mass is 743 g/mol. The molecule has 2 aromatic heterocycles. The smallest absolute Gasteiger partial charge is 0.0344 e. The zero-order valence-electron chi connectivity index (χ0n) is 24.3. The van der Waals surface area contributed by atoms with Crippen LogP contribution in [0.5, 0.6) is 0 Å². The van der Waals surface area contributed by atoms with Crippen LogP contribution in [0.2, 0.25) is 0 Å². The van der Waals surface area contributed by atoms with Crippen molar-refractivity contribution in [3.63, 3.8) is 0 Å². The Morgan fingerprint density at radius 2 is 0.909 bits per heavy atom. The largest absolute Gasteiger partial charge is 0.305 e. The van der Waals surface area contributed by atoms with E-state index in [1.165, 1.54) is 11.1 Å². The molecule has 0 amide bonds. The summed E-state index contributed by atoms with van der Waals surface area (Å²) in [6, 6.07) is 64.6. The molecule has 0 aliphatic rings. The first-order valence-electron chi connectivity index (χ1n) is 14.1. The predicted molar refractivity (Wildman–Crippen MR) is 177 cm³/mol. The van der Waals surface area contributed by atoms with Crippen LogP contribution in [0.25, 0.3) is 44.8 Å². The van der Waals surface area contributed by atoms with Gasteiger partial charge in [-0.2, -0.15) is 48.5 Å². The van der Waals surface area contributed by atoms with Gasteiger partial charge in [-0.15, -0.1) is 83.9 Å². The average Bonchev–Trinajstić information content (AvgIpc) is 3.11. The third-order valence-corrected chi connectivity index (χ3v) is 6.51. The van der Waals surface area contributed by atoms with Crippen molar-refractivity contribution in [1.82, 2.24) is 9.97 Å². The van der Waals surface area contributed by atoms with Crippen molar-refractivity contribution < 1.29 is 20.1 Å². The van der Waals surface area contributed by atoms with Crippen LogP contribution in [-0.2, 0) is 20.1 Å². The Bertz CT molecular complexity index is 1630. The standard InChI is InChI=1S/C18H14N.C12H8.C11H8N.Ir/c1-14-17(15-8-4-2-5-9-15)12-13-18(19-14)16-10-6-3-7-11-16;1-3-7-11(8-4-1)12-9-5-2-6-10-12;1-2-6-10(7-3-1)11-8-4-5-9-12-11;/h2-10,12-13H,1H3;1-7,9H;1-6,8-9H;/q-1;-2;-1;. The summed E-state index contributed by atoms with van der Waals surface area (Å²) in [7, 11) is 0. The minimum absolute atomic E-state index is 0. The van der Waals surface area contributed by atoms with E-state index >= 15 is 0 Å². The third-order valence-electron chi connectivity index (χ3n) is 6.51. The van der Waals surface area contributed by atoms with Crippen molar-refractivity contribution in [1.29, 1.82) is 0 Å². The zero-order valence-corrected chi connectivity index (χ0v) is 26.7. The average molecular weight is 743 g/mol. The van der Waals surface area contributed by atoms with Crippen molar-refractivity contribution in [2.45, 2.75) is 6.92 Å². The quantitative estimate of drug-likeness (QED) is 0.168. The topological polar surface area (TPSA) is 25.8 Å². The number of aromatic nitrogens is 2. The molecule has 0 saturated carbocycles. The number of nitrogens with zero attached hydrogens (tertiary/aromatic N) is 2. The maximum Gasteiger partial charge on any atom is 0.0344 e. The summed E-state index contributed by atoms with van der Waals surface area (Å²) in [5, 5.41) is 0. The van der Waals surface area contributed by atoms with Crippen molar-refractivity contribution in [2.24, 2.45) is 0 Å². The molecule has 7 rings (SSSR count). The van der Waals surface area contributed by atoms with E-state index < -0.39 is 0 Å². The van der Waals surface area contributed by atoms with Crippen molar-refractivity contribution in [3.8, 4) is 44.8 Å². The third kappa shape index (κ3) is 9.28. The summed E-state index contributed by atoms with van der Waals surface area (Å²) in [5.74, 6) is 0. The summed E-state index contributed by atoms with van der Waals surface area (Å²) < 4.78 is 0. The van der Waals surface area contributed by atoms with Crippen LogP contribution >= 0.6 is 0 Å². The molecule has 0 N–H and O–H groups in total. The number of pyridine rings is 2. The van der Waals surface area contributed by atoms with Gasteiger partial charge in [-0.3, -0.25) is 0 Å². The summed E-state index contributed by atoms with van der Waals surface area (Å²) in [4.78, 5) is 8.91. The molecule has 0 aliphatic heterocycles. The molecule has 217 valence electrons. The van der Waals surface area contributed by atoms with Crippen molar-refractivity contribution >= 4 is 0 Å². The molecule has 2 nitrogen and oxygen atoms in total. The minimum Gasteiger partial charge on any atom is -0.305 e. The second-order valence-electron chi connectivity index (χ2n) is 9.52. The molecular formula is C41H30IrN2-4. The van der Waals surface area contributed by atoms with Crippen LogP contribution in [0.1, 0.15) is 5.69 Å². The van der Waals surface area contributed by atoms with Crippen molar-refractivity contribution in [2.75, 3.05) is 0 Å². The molecule has 7 aromatic rings. The second-order valence-corrected chi connectivity index (χ2v) is 9.52. The Labute approximate surface area is 274 Å². The zero-order chi connectivity index (χ0) is 29.5. The van der Waals surface area contributed by atoms with Crippen molar-refractivity contribution in [3.05, 3.63) is 194 Å². The van der Waals surface area contributed by atoms with Gasteiger partial charge < -0.3 is 9.97 Å². The first kappa shape index (κ1) is 32.0. The first-order valence-corrected chi connectivity index (χ1v) is 14.1. The Morgan fingerprint density at radius 3 is 1.36 bits per heavy atom. The number of benzene rings is 5. The van der Waals surface area contributed by atoms with Crippen LogP contribution in [0.15, 0.2) is 164 Å². The van der Waals surface area contributed by atoms with Gasteiger partial charge in [0.05, 0.1) is 0 Å². The molecule has 0 unspecified atom stereocenters. The molecule has 0 aliphatic carbocycles. The van der Waals surface area contributed by atoms with E-state index in [2.05, 4.69) is 65.4 Å². The molecule has 0 bridgehead atoms. The molecule has 0 spiro atoms. The SMILES string of the molecule is Cc1nc(-c2[c-]cccc2)ccc1-c1ccccc1.[Ir].[c-]1ccccc1-c1[c-]cccc1.[c-]1ccccc1-c1ccccn1. The fraction of sp³-hybridized carbons (Fsp3) is 0.0244. The molecule has 1 radical (unpaired) electrons. The van der Waals surface area contributed by atoms with Crippen LogP contribution in [-0.4, -0.2) is 9.97 Å². The van der Waals surface area contributed by atoms with Gasteiger partial charge in [0.2, 0.25) is 0 Å². The summed E-state index contributed by atoms with van der Waals surface area (Å²) in [6.07, 6.45) is 1.79. The normalized spacial score (nSPS) is 9.75. The summed E-state index contributed by atoms with van der Waals surface area (Å²) >= 11 is 0. The Morgan fingerprint density at radius 1 is 0.432 bits per heavy atom. The Balaban J connectivity index is 0.000000155. The van der Waals surface area contributed by atoms with Gasteiger partial charge in [-0.1, -0.05) is 54.6 Å². The fourth-order valence-corrected chi connectivity index (χ4v) is 4.38. The molecule has 3 heteroatoms. The molecule has 0 atom stereocenters. The molecule has 5 aromatic carbocycles. The van der Waals surface area contributed by atoms with Gasteiger partial charge in [0.15, 0.2) is 0 Å². The first-order chi connectivity index (χ1) is 21.3. The maximum atomic E-state index is 4.69. The number of hydrogen-bond donors (Lipinski definition) is 0. The molecule has 2 heterocycles. The van der Waals surface area contributed by atoms with Crippen LogP contribution < -0.4 is 0 Å².